The summed E-state index contributed by atoms with van der Waals surface area (Å²) in [7, 11) is 0. The summed E-state index contributed by atoms with van der Waals surface area (Å²) in [4.78, 5) is 6.57. The van der Waals surface area contributed by atoms with E-state index in [9.17, 15) is 4.39 Å². The van der Waals surface area contributed by atoms with Gasteiger partial charge in [0.2, 0.25) is 0 Å². The van der Waals surface area contributed by atoms with Crippen LogP contribution in [0.25, 0.3) is 11.1 Å². The predicted octanol–water partition coefficient (Wildman–Crippen LogP) is 2.72. The lowest BCUT2D eigenvalue weighted by Gasteiger charge is -2.29. The Bertz CT molecular complexity index is 568. The topological polar surface area (TPSA) is 25.4 Å². The summed E-state index contributed by atoms with van der Waals surface area (Å²) in [6, 6.07) is 10.6. The predicted molar refractivity (Wildman–Crippen MR) is 72.7 cm³/mol. The highest BCUT2D eigenvalue weighted by molar-refractivity contribution is 5.76. The summed E-state index contributed by atoms with van der Waals surface area (Å²) in [5.74, 6) is 0.612. The average Bonchev–Trinajstić information content (AvgIpc) is 2.49. The third-order valence-electron chi connectivity index (χ3n) is 3.26. The van der Waals surface area contributed by atoms with Crippen LogP contribution in [-0.2, 0) is 4.74 Å². The van der Waals surface area contributed by atoms with E-state index in [4.69, 9.17) is 4.74 Å². The molecule has 1 aromatic carbocycles. The molecule has 0 aliphatic carbocycles. The molecule has 0 atom stereocenters. The fourth-order valence-electron chi connectivity index (χ4n) is 2.31. The van der Waals surface area contributed by atoms with Gasteiger partial charge in [-0.25, -0.2) is 9.37 Å². The van der Waals surface area contributed by atoms with Gasteiger partial charge < -0.3 is 9.64 Å². The minimum absolute atomic E-state index is 0.218. The second kappa shape index (κ2) is 5.36. The van der Waals surface area contributed by atoms with E-state index in [0.29, 0.717) is 18.8 Å². The highest BCUT2D eigenvalue weighted by Gasteiger charge is 2.18. The third kappa shape index (κ3) is 2.44. The van der Waals surface area contributed by atoms with Crippen molar-refractivity contribution < 1.29 is 9.13 Å². The van der Waals surface area contributed by atoms with Crippen LogP contribution in [0.5, 0.6) is 0 Å². The number of morpholine rings is 1. The minimum Gasteiger partial charge on any atom is -0.378 e. The van der Waals surface area contributed by atoms with Crippen molar-refractivity contribution in [1.29, 1.82) is 0 Å². The fraction of sp³-hybridized carbons (Fsp3) is 0.267. The molecule has 19 heavy (non-hydrogen) atoms. The number of ether oxygens (including phenoxy) is 1. The van der Waals surface area contributed by atoms with E-state index in [0.717, 1.165) is 24.5 Å². The van der Waals surface area contributed by atoms with Crippen LogP contribution in [0.1, 0.15) is 0 Å². The average molecular weight is 258 g/mol. The molecular weight excluding hydrogens is 243 g/mol. The van der Waals surface area contributed by atoms with Crippen molar-refractivity contribution in [3.8, 4) is 11.1 Å². The Kier molecular flexibility index (Phi) is 3.42. The summed E-state index contributed by atoms with van der Waals surface area (Å²) < 4.78 is 19.3. The molecule has 0 N–H and O–H groups in total. The van der Waals surface area contributed by atoms with Crippen LogP contribution in [0.2, 0.25) is 0 Å². The van der Waals surface area contributed by atoms with Gasteiger partial charge in [0.1, 0.15) is 11.6 Å². The Morgan fingerprint density at radius 1 is 1.00 bits per heavy atom. The first kappa shape index (κ1) is 12.1. The molecule has 1 aromatic heterocycles. The molecule has 0 saturated carbocycles. The zero-order valence-electron chi connectivity index (χ0n) is 10.6. The Balaban J connectivity index is 2.04. The first-order valence-corrected chi connectivity index (χ1v) is 6.39. The molecule has 0 bridgehead atoms. The molecule has 3 nitrogen and oxygen atoms in total. The fourth-order valence-corrected chi connectivity index (χ4v) is 2.31. The van der Waals surface area contributed by atoms with Gasteiger partial charge in [0.25, 0.3) is 0 Å². The molecular formula is C15H15FN2O. The second-order valence-electron chi connectivity index (χ2n) is 4.45. The Morgan fingerprint density at radius 2 is 1.74 bits per heavy atom. The van der Waals surface area contributed by atoms with Crippen LogP contribution in [0.15, 0.2) is 42.6 Å². The van der Waals surface area contributed by atoms with Crippen LogP contribution in [0.4, 0.5) is 10.2 Å². The van der Waals surface area contributed by atoms with Gasteiger partial charge in [-0.1, -0.05) is 18.2 Å². The molecule has 3 rings (SSSR count). The smallest absolute Gasteiger partial charge is 0.136 e. The standard InChI is InChI=1S/C15H15FN2O/c16-14-6-2-1-4-12(14)13-5-3-7-17-15(13)18-8-10-19-11-9-18/h1-7H,8-11H2. The first-order chi connectivity index (χ1) is 9.36. The molecule has 0 spiro atoms. The highest BCUT2D eigenvalue weighted by atomic mass is 19.1. The van der Waals surface area contributed by atoms with Crippen molar-refractivity contribution in [3.63, 3.8) is 0 Å². The summed E-state index contributed by atoms with van der Waals surface area (Å²) in [6.45, 7) is 2.96. The number of benzene rings is 1. The maximum atomic E-state index is 14.0. The van der Waals surface area contributed by atoms with Gasteiger partial charge >= 0.3 is 0 Å². The second-order valence-corrected chi connectivity index (χ2v) is 4.45. The van der Waals surface area contributed by atoms with E-state index in [-0.39, 0.29) is 5.82 Å². The maximum Gasteiger partial charge on any atom is 0.136 e. The van der Waals surface area contributed by atoms with E-state index in [1.54, 1.807) is 18.3 Å². The van der Waals surface area contributed by atoms with E-state index in [1.807, 2.05) is 18.2 Å². The van der Waals surface area contributed by atoms with Crippen molar-refractivity contribution in [2.45, 2.75) is 0 Å². The van der Waals surface area contributed by atoms with Crippen LogP contribution < -0.4 is 4.90 Å². The number of anilines is 1. The molecule has 0 unspecified atom stereocenters. The van der Waals surface area contributed by atoms with Gasteiger partial charge in [-0.2, -0.15) is 0 Å². The minimum atomic E-state index is -0.218. The van der Waals surface area contributed by atoms with Crippen molar-refractivity contribution in [3.05, 3.63) is 48.4 Å². The van der Waals surface area contributed by atoms with Crippen LogP contribution >= 0.6 is 0 Å². The molecule has 1 aliphatic heterocycles. The number of hydrogen-bond donors (Lipinski definition) is 0. The lowest BCUT2D eigenvalue weighted by molar-refractivity contribution is 0.122. The molecule has 98 valence electrons. The number of halogens is 1. The van der Waals surface area contributed by atoms with Crippen molar-refractivity contribution >= 4 is 5.82 Å². The lowest BCUT2D eigenvalue weighted by atomic mass is 10.1. The third-order valence-corrected chi connectivity index (χ3v) is 3.26. The van der Waals surface area contributed by atoms with Crippen molar-refractivity contribution in [2.24, 2.45) is 0 Å². The molecule has 0 radical (unpaired) electrons. The van der Waals surface area contributed by atoms with Gasteiger partial charge in [0.15, 0.2) is 0 Å². The summed E-state index contributed by atoms with van der Waals surface area (Å²) >= 11 is 0. The maximum absolute atomic E-state index is 14.0. The van der Waals surface area contributed by atoms with Gasteiger partial charge in [-0.3, -0.25) is 0 Å². The van der Waals surface area contributed by atoms with Crippen LogP contribution in [-0.4, -0.2) is 31.3 Å². The molecule has 2 heterocycles. The van der Waals surface area contributed by atoms with E-state index in [1.165, 1.54) is 6.07 Å². The molecule has 1 aliphatic rings. The van der Waals surface area contributed by atoms with Crippen LogP contribution in [0, 0.1) is 5.82 Å². The summed E-state index contributed by atoms with van der Waals surface area (Å²) in [5, 5.41) is 0. The quantitative estimate of drug-likeness (QED) is 0.828. The van der Waals surface area contributed by atoms with Gasteiger partial charge in [0, 0.05) is 30.4 Å². The molecule has 1 fully saturated rings. The summed E-state index contributed by atoms with van der Waals surface area (Å²) in [6.07, 6.45) is 1.75. The lowest BCUT2D eigenvalue weighted by Crippen LogP contribution is -2.37. The SMILES string of the molecule is Fc1ccccc1-c1cccnc1N1CCOCC1. The Morgan fingerprint density at radius 3 is 2.53 bits per heavy atom. The molecule has 2 aromatic rings. The van der Waals surface area contributed by atoms with Crippen molar-refractivity contribution in [2.75, 3.05) is 31.2 Å². The molecule has 4 heteroatoms. The normalized spacial score (nSPS) is 15.5. The van der Waals surface area contributed by atoms with Gasteiger partial charge in [-0.15, -0.1) is 0 Å². The number of hydrogen-bond acceptors (Lipinski definition) is 3. The van der Waals surface area contributed by atoms with Gasteiger partial charge in [0.05, 0.1) is 13.2 Å². The molecule has 1 saturated heterocycles. The summed E-state index contributed by atoms with van der Waals surface area (Å²) in [5.41, 5.74) is 1.43. The molecule has 0 amide bonds. The zero-order chi connectivity index (χ0) is 13.1. The van der Waals surface area contributed by atoms with Crippen molar-refractivity contribution in [1.82, 2.24) is 4.98 Å². The number of rotatable bonds is 2. The van der Waals surface area contributed by atoms with Crippen LogP contribution in [0.3, 0.4) is 0 Å². The van der Waals surface area contributed by atoms with E-state index in [2.05, 4.69) is 9.88 Å². The number of aromatic nitrogens is 1. The van der Waals surface area contributed by atoms with E-state index < -0.39 is 0 Å². The Hall–Kier alpha value is -1.94. The highest BCUT2D eigenvalue weighted by Crippen LogP contribution is 2.30. The number of nitrogens with zero attached hydrogens (tertiary/aromatic N) is 2. The zero-order valence-corrected chi connectivity index (χ0v) is 10.6. The Labute approximate surface area is 111 Å². The van der Waals surface area contributed by atoms with Gasteiger partial charge in [-0.05, 0) is 18.2 Å². The number of pyridine rings is 1. The van der Waals surface area contributed by atoms with E-state index >= 15 is 0 Å². The largest absolute Gasteiger partial charge is 0.378 e. The monoisotopic (exact) mass is 258 g/mol. The first-order valence-electron chi connectivity index (χ1n) is 6.39.